The smallest absolute Gasteiger partial charge is 0.337 e. The van der Waals surface area contributed by atoms with E-state index in [0.29, 0.717) is 55.5 Å². The predicted molar refractivity (Wildman–Crippen MR) is 120 cm³/mol. The van der Waals surface area contributed by atoms with E-state index in [0.717, 1.165) is 0 Å². The highest BCUT2D eigenvalue weighted by molar-refractivity contribution is 5.97. The number of benzene rings is 1. The fraction of sp³-hybridized carbons (Fsp3) is 0.409. The number of carbonyl (C=O) groups is 3. The van der Waals surface area contributed by atoms with Gasteiger partial charge in [0.05, 0.1) is 37.9 Å². The number of hydrogen-bond acceptors (Lipinski definition) is 11. The van der Waals surface area contributed by atoms with E-state index in [-0.39, 0.29) is 23.0 Å². The van der Waals surface area contributed by atoms with E-state index in [9.17, 15) is 14.4 Å². The van der Waals surface area contributed by atoms with Crippen LogP contribution in [0, 0.1) is 5.92 Å². The third-order valence-corrected chi connectivity index (χ3v) is 5.32. The molecule has 1 fully saturated rings. The van der Waals surface area contributed by atoms with Gasteiger partial charge in [-0.3, -0.25) is 4.79 Å². The molecule has 2 aromatic rings. The molecule has 33 heavy (non-hydrogen) atoms. The molecule has 11 nitrogen and oxygen atoms in total. The molecule has 1 aliphatic heterocycles. The molecule has 0 saturated carbocycles. The van der Waals surface area contributed by atoms with Crippen molar-refractivity contribution in [2.24, 2.45) is 5.92 Å². The van der Waals surface area contributed by atoms with E-state index in [2.05, 4.69) is 15.3 Å². The number of nitrogens with one attached hydrogen (secondary N) is 1. The average Bonchev–Trinajstić information content (AvgIpc) is 2.84. The maximum atomic E-state index is 12.0. The van der Waals surface area contributed by atoms with Gasteiger partial charge in [0.2, 0.25) is 0 Å². The number of nitrogen functional groups attached to an aromatic ring is 1. The minimum Gasteiger partial charge on any atom is -0.466 e. The largest absolute Gasteiger partial charge is 0.466 e. The number of anilines is 4. The second-order valence-corrected chi connectivity index (χ2v) is 7.38. The van der Waals surface area contributed by atoms with E-state index < -0.39 is 11.9 Å². The molecular weight excluding hydrogens is 430 g/mol. The summed E-state index contributed by atoms with van der Waals surface area (Å²) in [5.74, 6) is -0.687. The first kappa shape index (κ1) is 23.8. The number of hydrogen-bond donors (Lipinski definition) is 2. The molecule has 0 atom stereocenters. The molecule has 1 aromatic heterocycles. The summed E-state index contributed by atoms with van der Waals surface area (Å²) in [7, 11) is 2.50. The Morgan fingerprint density at radius 1 is 1.06 bits per heavy atom. The molecule has 0 bridgehead atoms. The minimum absolute atomic E-state index is 0.139. The number of carbonyl (C=O) groups excluding carboxylic acids is 3. The van der Waals surface area contributed by atoms with Crippen LogP contribution in [0.3, 0.4) is 0 Å². The Morgan fingerprint density at radius 2 is 1.67 bits per heavy atom. The summed E-state index contributed by atoms with van der Waals surface area (Å²) in [5.41, 5.74) is 7.38. The molecule has 1 aromatic carbocycles. The van der Waals surface area contributed by atoms with Gasteiger partial charge in [-0.25, -0.2) is 19.6 Å². The van der Waals surface area contributed by atoms with Crippen molar-refractivity contribution in [2.75, 3.05) is 49.9 Å². The molecule has 0 radical (unpaired) electrons. The van der Waals surface area contributed by atoms with Crippen molar-refractivity contribution in [1.29, 1.82) is 0 Å². The van der Waals surface area contributed by atoms with Gasteiger partial charge < -0.3 is 30.2 Å². The molecule has 1 aliphatic rings. The van der Waals surface area contributed by atoms with Crippen molar-refractivity contribution < 1.29 is 28.6 Å². The molecule has 0 amide bonds. The van der Waals surface area contributed by atoms with Gasteiger partial charge in [-0.2, -0.15) is 0 Å². The van der Waals surface area contributed by atoms with Crippen LogP contribution in [0.15, 0.2) is 24.5 Å². The monoisotopic (exact) mass is 457 g/mol. The lowest BCUT2D eigenvalue weighted by Gasteiger charge is -2.32. The fourth-order valence-corrected chi connectivity index (χ4v) is 3.63. The van der Waals surface area contributed by atoms with Crippen molar-refractivity contribution >= 4 is 40.9 Å². The fourth-order valence-electron chi connectivity index (χ4n) is 3.63. The zero-order chi connectivity index (χ0) is 24.0. The summed E-state index contributed by atoms with van der Waals surface area (Å²) in [6.07, 6.45) is 2.64. The van der Waals surface area contributed by atoms with Gasteiger partial charge in [-0.1, -0.05) is 0 Å². The molecule has 0 spiro atoms. The molecule has 3 N–H and O–H groups in total. The Hall–Kier alpha value is -3.89. The topological polar surface area (TPSA) is 146 Å². The van der Waals surface area contributed by atoms with E-state index in [4.69, 9.17) is 19.9 Å². The van der Waals surface area contributed by atoms with Gasteiger partial charge in [0, 0.05) is 18.8 Å². The van der Waals surface area contributed by atoms with Crippen LogP contribution in [0.25, 0.3) is 0 Å². The van der Waals surface area contributed by atoms with E-state index in [1.807, 2.05) is 4.90 Å². The van der Waals surface area contributed by atoms with E-state index in [1.165, 1.54) is 38.7 Å². The molecule has 3 rings (SSSR count). The maximum absolute atomic E-state index is 12.0. The van der Waals surface area contributed by atoms with Crippen LogP contribution >= 0.6 is 0 Å². The highest BCUT2D eigenvalue weighted by Gasteiger charge is 2.28. The molecule has 11 heteroatoms. The Kier molecular flexibility index (Phi) is 7.65. The summed E-state index contributed by atoms with van der Waals surface area (Å²) in [6, 6.07) is 4.42. The number of esters is 3. The number of piperidine rings is 1. The van der Waals surface area contributed by atoms with Crippen molar-refractivity contribution in [1.82, 2.24) is 9.97 Å². The SMILES string of the molecule is CCOC(=O)C1CCN(c2ncnc(Nc3cc(C(=O)OC)cc(C(=O)OC)c3)c2N)CC1. The first-order chi connectivity index (χ1) is 15.9. The number of aromatic nitrogens is 2. The summed E-state index contributed by atoms with van der Waals surface area (Å²) in [5, 5.41) is 3.04. The van der Waals surface area contributed by atoms with E-state index >= 15 is 0 Å². The van der Waals surface area contributed by atoms with Crippen LogP contribution in [0.5, 0.6) is 0 Å². The third kappa shape index (κ3) is 5.48. The van der Waals surface area contributed by atoms with Crippen molar-refractivity contribution in [3.05, 3.63) is 35.7 Å². The van der Waals surface area contributed by atoms with Gasteiger partial charge >= 0.3 is 17.9 Å². The van der Waals surface area contributed by atoms with Crippen LogP contribution in [0.4, 0.5) is 23.0 Å². The third-order valence-electron chi connectivity index (χ3n) is 5.32. The number of methoxy groups -OCH3 is 2. The number of ether oxygens (including phenoxy) is 3. The van der Waals surface area contributed by atoms with Crippen molar-refractivity contribution in [3.8, 4) is 0 Å². The Balaban J connectivity index is 1.82. The molecule has 0 unspecified atom stereocenters. The Labute approximate surface area is 191 Å². The zero-order valence-electron chi connectivity index (χ0n) is 18.8. The van der Waals surface area contributed by atoms with Gasteiger partial charge in [0.25, 0.3) is 0 Å². The Morgan fingerprint density at radius 3 is 2.21 bits per heavy atom. The molecular formula is C22H27N5O6. The second-order valence-electron chi connectivity index (χ2n) is 7.38. The van der Waals surface area contributed by atoms with Crippen LogP contribution in [0.1, 0.15) is 40.5 Å². The highest BCUT2D eigenvalue weighted by atomic mass is 16.5. The quantitative estimate of drug-likeness (QED) is 0.466. The summed E-state index contributed by atoms with van der Waals surface area (Å²) in [6.45, 7) is 3.34. The summed E-state index contributed by atoms with van der Waals surface area (Å²) < 4.78 is 14.6. The first-order valence-electron chi connectivity index (χ1n) is 10.5. The average molecular weight is 457 g/mol. The van der Waals surface area contributed by atoms with Crippen LogP contribution in [-0.2, 0) is 19.0 Å². The van der Waals surface area contributed by atoms with Crippen molar-refractivity contribution in [2.45, 2.75) is 19.8 Å². The van der Waals surface area contributed by atoms with E-state index in [1.54, 1.807) is 6.92 Å². The summed E-state index contributed by atoms with van der Waals surface area (Å²) >= 11 is 0. The van der Waals surface area contributed by atoms with Gasteiger partial charge in [-0.15, -0.1) is 0 Å². The molecule has 1 saturated heterocycles. The lowest BCUT2D eigenvalue weighted by Crippen LogP contribution is -2.37. The summed E-state index contributed by atoms with van der Waals surface area (Å²) in [4.78, 5) is 46.6. The molecule has 0 aliphatic carbocycles. The maximum Gasteiger partial charge on any atom is 0.337 e. The van der Waals surface area contributed by atoms with Crippen LogP contribution in [-0.4, -0.2) is 61.8 Å². The van der Waals surface area contributed by atoms with Crippen LogP contribution < -0.4 is 16.0 Å². The molecule has 2 heterocycles. The van der Waals surface area contributed by atoms with Crippen LogP contribution in [0.2, 0.25) is 0 Å². The predicted octanol–water partition coefficient (Wildman–Crippen LogP) is 2.16. The Bertz CT molecular complexity index is 1000. The zero-order valence-corrected chi connectivity index (χ0v) is 18.8. The van der Waals surface area contributed by atoms with Gasteiger partial charge in [-0.05, 0) is 38.0 Å². The second kappa shape index (κ2) is 10.6. The standard InChI is InChI=1S/C22H27N5O6/c1-4-33-22(30)13-5-7-27(8-6-13)19-17(23)18(24-12-25-19)26-16-10-14(20(28)31-2)9-15(11-16)21(29)32-3/h9-13H,4-8,23H2,1-3H3,(H,24,25,26). The lowest BCUT2D eigenvalue weighted by atomic mass is 9.97. The minimum atomic E-state index is -0.607. The first-order valence-corrected chi connectivity index (χ1v) is 10.5. The number of rotatable bonds is 7. The number of nitrogens with two attached hydrogens (primary N) is 1. The van der Waals surface area contributed by atoms with Crippen molar-refractivity contribution in [3.63, 3.8) is 0 Å². The van der Waals surface area contributed by atoms with Gasteiger partial charge in [0.1, 0.15) is 12.0 Å². The van der Waals surface area contributed by atoms with Gasteiger partial charge in [0.15, 0.2) is 11.6 Å². The lowest BCUT2D eigenvalue weighted by molar-refractivity contribution is -0.148. The molecule has 176 valence electrons. The normalized spacial score (nSPS) is 13.8. The highest BCUT2D eigenvalue weighted by Crippen LogP contribution is 2.32. The number of nitrogens with zero attached hydrogens (tertiary/aromatic N) is 3.